The molecule has 0 amide bonds. The van der Waals surface area contributed by atoms with E-state index in [0.29, 0.717) is 19.8 Å². The zero-order valence-electron chi connectivity index (χ0n) is 7.46. The molecule has 4 heteroatoms. The van der Waals surface area contributed by atoms with Gasteiger partial charge in [-0.15, -0.1) is 0 Å². The number of rotatable bonds is 4. The fraction of sp³-hybridized carbons (Fsp3) is 0.875. The second-order valence-electron chi connectivity index (χ2n) is 3.40. The van der Waals surface area contributed by atoms with Gasteiger partial charge in [0, 0.05) is 12.5 Å². The fourth-order valence-corrected chi connectivity index (χ4v) is 0.948. The minimum absolute atomic E-state index is 0.0247. The van der Waals surface area contributed by atoms with E-state index in [1.165, 1.54) is 7.11 Å². The number of esters is 1. The van der Waals surface area contributed by atoms with Crippen LogP contribution in [0.4, 0.5) is 0 Å². The topological polar surface area (TPSA) is 44.8 Å². The molecular formula is C8H14O4. The van der Waals surface area contributed by atoms with E-state index in [4.69, 9.17) is 9.47 Å². The van der Waals surface area contributed by atoms with Crippen LogP contribution in [-0.4, -0.2) is 39.5 Å². The molecule has 1 aliphatic heterocycles. The van der Waals surface area contributed by atoms with Crippen LogP contribution in [-0.2, 0) is 19.0 Å². The van der Waals surface area contributed by atoms with Crippen molar-refractivity contribution in [3.05, 3.63) is 0 Å². The van der Waals surface area contributed by atoms with Crippen LogP contribution in [0.2, 0.25) is 0 Å². The molecule has 70 valence electrons. The molecule has 0 radical (unpaired) electrons. The Bertz CT molecular complexity index is 162. The average Bonchev–Trinajstić information content (AvgIpc) is 1.98. The number of hydrogen-bond acceptors (Lipinski definition) is 4. The van der Waals surface area contributed by atoms with Gasteiger partial charge in [0.1, 0.15) is 13.2 Å². The van der Waals surface area contributed by atoms with Crippen molar-refractivity contribution in [3.8, 4) is 0 Å². The molecule has 0 aromatic carbocycles. The van der Waals surface area contributed by atoms with Crippen LogP contribution >= 0.6 is 0 Å². The Balaban J connectivity index is 2.12. The Hall–Kier alpha value is -0.610. The second-order valence-corrected chi connectivity index (χ2v) is 3.40. The summed E-state index contributed by atoms with van der Waals surface area (Å²) in [6.07, 6.45) is 0. The van der Waals surface area contributed by atoms with E-state index in [-0.39, 0.29) is 18.0 Å². The number of methoxy groups -OCH3 is 1. The first-order valence-electron chi connectivity index (χ1n) is 3.89. The second kappa shape index (κ2) is 3.87. The van der Waals surface area contributed by atoms with Gasteiger partial charge in [0.25, 0.3) is 0 Å². The first-order chi connectivity index (χ1) is 5.66. The first kappa shape index (κ1) is 9.48. The highest BCUT2D eigenvalue weighted by molar-refractivity contribution is 5.70. The summed E-state index contributed by atoms with van der Waals surface area (Å²) in [5, 5.41) is 0. The Morgan fingerprint density at radius 2 is 2.25 bits per heavy atom. The molecular weight excluding hydrogens is 160 g/mol. The van der Waals surface area contributed by atoms with Crippen molar-refractivity contribution < 1.29 is 19.0 Å². The van der Waals surface area contributed by atoms with Gasteiger partial charge in [-0.2, -0.15) is 0 Å². The molecule has 1 aliphatic rings. The third kappa shape index (κ3) is 2.46. The molecule has 0 bridgehead atoms. The van der Waals surface area contributed by atoms with Crippen molar-refractivity contribution in [2.45, 2.75) is 6.92 Å². The van der Waals surface area contributed by atoms with Gasteiger partial charge >= 0.3 is 5.97 Å². The highest BCUT2D eigenvalue weighted by atomic mass is 16.6. The van der Waals surface area contributed by atoms with Gasteiger partial charge in [-0.3, -0.25) is 0 Å². The zero-order valence-corrected chi connectivity index (χ0v) is 7.46. The van der Waals surface area contributed by atoms with Gasteiger partial charge in [0.15, 0.2) is 0 Å². The van der Waals surface area contributed by atoms with Gasteiger partial charge in [-0.05, 0) is 0 Å². The molecule has 0 N–H and O–H groups in total. The zero-order chi connectivity index (χ0) is 9.03. The minimum atomic E-state index is -0.314. The highest BCUT2D eigenvalue weighted by Crippen LogP contribution is 2.26. The summed E-state index contributed by atoms with van der Waals surface area (Å²) in [5.74, 6) is -0.314. The van der Waals surface area contributed by atoms with Gasteiger partial charge in [-0.25, -0.2) is 4.79 Å². The molecule has 1 heterocycles. The maximum absolute atomic E-state index is 10.8. The molecule has 4 nitrogen and oxygen atoms in total. The molecule has 0 spiro atoms. The first-order valence-corrected chi connectivity index (χ1v) is 3.89. The van der Waals surface area contributed by atoms with Crippen LogP contribution in [0, 0.1) is 5.41 Å². The van der Waals surface area contributed by atoms with E-state index < -0.39 is 0 Å². The van der Waals surface area contributed by atoms with E-state index in [1.807, 2.05) is 6.92 Å². The monoisotopic (exact) mass is 174 g/mol. The third-order valence-electron chi connectivity index (χ3n) is 1.74. The predicted molar refractivity (Wildman–Crippen MR) is 41.8 cm³/mol. The number of carbonyl (C=O) groups excluding carboxylic acids is 1. The normalized spacial score (nSPS) is 19.8. The van der Waals surface area contributed by atoms with E-state index in [2.05, 4.69) is 4.74 Å². The van der Waals surface area contributed by atoms with E-state index in [1.54, 1.807) is 0 Å². The number of ether oxygens (including phenoxy) is 3. The summed E-state index contributed by atoms with van der Waals surface area (Å²) < 4.78 is 14.6. The molecule has 0 aromatic heterocycles. The van der Waals surface area contributed by atoms with Crippen molar-refractivity contribution in [1.82, 2.24) is 0 Å². The summed E-state index contributed by atoms with van der Waals surface area (Å²) in [5.41, 5.74) is 0.0312. The van der Waals surface area contributed by atoms with Crippen LogP contribution in [0.25, 0.3) is 0 Å². The Morgan fingerprint density at radius 3 is 2.67 bits per heavy atom. The van der Waals surface area contributed by atoms with E-state index in [9.17, 15) is 4.79 Å². The summed E-state index contributed by atoms with van der Waals surface area (Å²) >= 11 is 0. The van der Waals surface area contributed by atoms with Gasteiger partial charge in [0.2, 0.25) is 0 Å². The van der Waals surface area contributed by atoms with Crippen LogP contribution in [0.5, 0.6) is 0 Å². The summed E-state index contributed by atoms with van der Waals surface area (Å²) in [7, 11) is 1.47. The van der Waals surface area contributed by atoms with Crippen LogP contribution in [0.3, 0.4) is 0 Å². The maximum Gasteiger partial charge on any atom is 0.332 e. The lowest BCUT2D eigenvalue weighted by Crippen LogP contribution is -2.44. The molecule has 12 heavy (non-hydrogen) atoms. The van der Waals surface area contributed by atoms with Crippen LogP contribution < -0.4 is 0 Å². The standard InChI is InChI=1S/C8H14O4/c1-8(4-11-5-8)6-12-7(9)3-10-2/h3-6H2,1-2H3. The van der Waals surface area contributed by atoms with Crippen LogP contribution in [0.15, 0.2) is 0 Å². The largest absolute Gasteiger partial charge is 0.463 e. The molecule has 1 rings (SSSR count). The number of hydrogen-bond donors (Lipinski definition) is 0. The van der Waals surface area contributed by atoms with Crippen molar-refractivity contribution in [3.63, 3.8) is 0 Å². The molecule has 0 unspecified atom stereocenters. The van der Waals surface area contributed by atoms with Crippen molar-refractivity contribution in [2.24, 2.45) is 5.41 Å². The quantitative estimate of drug-likeness (QED) is 0.572. The van der Waals surface area contributed by atoms with E-state index in [0.717, 1.165) is 0 Å². The molecule has 0 atom stereocenters. The number of carbonyl (C=O) groups is 1. The Labute approximate surface area is 71.8 Å². The Morgan fingerprint density at radius 1 is 1.58 bits per heavy atom. The lowest BCUT2D eigenvalue weighted by molar-refractivity contribution is -0.168. The summed E-state index contributed by atoms with van der Waals surface area (Å²) in [4.78, 5) is 10.8. The summed E-state index contributed by atoms with van der Waals surface area (Å²) in [6.45, 7) is 3.82. The van der Waals surface area contributed by atoms with Crippen molar-refractivity contribution >= 4 is 5.97 Å². The van der Waals surface area contributed by atoms with Gasteiger partial charge in [0.05, 0.1) is 13.2 Å². The van der Waals surface area contributed by atoms with Crippen molar-refractivity contribution in [2.75, 3.05) is 33.5 Å². The lowest BCUT2D eigenvalue weighted by Gasteiger charge is -2.37. The third-order valence-corrected chi connectivity index (χ3v) is 1.74. The summed E-state index contributed by atoms with van der Waals surface area (Å²) in [6, 6.07) is 0. The van der Waals surface area contributed by atoms with Crippen molar-refractivity contribution in [1.29, 1.82) is 0 Å². The molecule has 1 saturated heterocycles. The molecule has 1 fully saturated rings. The fourth-order valence-electron chi connectivity index (χ4n) is 0.948. The minimum Gasteiger partial charge on any atom is -0.463 e. The SMILES string of the molecule is COCC(=O)OCC1(C)COC1. The predicted octanol–water partition coefficient (Wildman–Crippen LogP) is 0.212. The molecule has 0 aliphatic carbocycles. The average molecular weight is 174 g/mol. The van der Waals surface area contributed by atoms with Gasteiger partial charge in [-0.1, -0.05) is 6.92 Å². The Kier molecular flexibility index (Phi) is 3.05. The molecule has 0 aromatic rings. The van der Waals surface area contributed by atoms with Crippen LogP contribution in [0.1, 0.15) is 6.92 Å². The smallest absolute Gasteiger partial charge is 0.332 e. The van der Waals surface area contributed by atoms with E-state index >= 15 is 0 Å². The molecule has 0 saturated carbocycles. The highest BCUT2D eigenvalue weighted by Gasteiger charge is 2.34. The lowest BCUT2D eigenvalue weighted by atomic mass is 9.90. The van der Waals surface area contributed by atoms with Gasteiger partial charge < -0.3 is 14.2 Å². The maximum atomic E-state index is 10.8.